The predicted molar refractivity (Wildman–Crippen MR) is 178 cm³/mol. The highest BCUT2D eigenvalue weighted by atomic mass is 32.1. The zero-order valence-corrected chi connectivity index (χ0v) is 27.4. The van der Waals surface area contributed by atoms with Crippen LogP contribution < -0.4 is 25.9 Å². The van der Waals surface area contributed by atoms with Gasteiger partial charge in [0, 0.05) is 16.8 Å². The molecule has 0 radical (unpaired) electrons. The van der Waals surface area contributed by atoms with Crippen LogP contribution in [-0.4, -0.2) is 44.4 Å². The Labute approximate surface area is 283 Å². The normalized spacial score (nSPS) is 14.1. The quantitative estimate of drug-likeness (QED) is 0.182. The van der Waals surface area contributed by atoms with Crippen molar-refractivity contribution in [1.82, 2.24) is 19.1 Å². The first-order valence-electron chi connectivity index (χ1n) is 15.2. The number of hydrogen-bond acceptors (Lipinski definition) is 7. The van der Waals surface area contributed by atoms with Gasteiger partial charge < -0.3 is 24.4 Å². The highest BCUT2D eigenvalue weighted by Crippen LogP contribution is 2.39. The minimum atomic E-state index is -1.50. The molecule has 248 valence electrons. The molecule has 1 fully saturated rings. The topological polar surface area (TPSA) is 133 Å². The largest absolute Gasteiger partial charge is 0.859 e. The maximum absolute atomic E-state index is 14.4. The summed E-state index contributed by atoms with van der Waals surface area (Å²) in [7, 11) is 1.53. The minimum absolute atomic E-state index is 0.0410. The lowest BCUT2D eigenvalue weighted by molar-refractivity contribution is -0.918. The number of rotatable bonds is 8. The van der Waals surface area contributed by atoms with Crippen molar-refractivity contribution in [3.05, 3.63) is 131 Å². The first-order valence-corrected chi connectivity index (χ1v) is 16.1. The zero-order valence-electron chi connectivity index (χ0n) is 25.7. The molecule has 5 aromatic rings. The van der Waals surface area contributed by atoms with E-state index in [1.807, 2.05) is 0 Å². The number of likely N-dealkylation sites (tertiary alicyclic amines) is 1. The van der Waals surface area contributed by atoms with Crippen molar-refractivity contribution in [3.63, 3.8) is 0 Å². The monoisotopic (exact) mass is 691 g/mol. The van der Waals surface area contributed by atoms with E-state index in [2.05, 4.69) is 9.97 Å². The van der Waals surface area contributed by atoms with Gasteiger partial charge in [-0.3, -0.25) is 24.1 Å². The van der Waals surface area contributed by atoms with Gasteiger partial charge in [0.05, 0.1) is 37.4 Å². The summed E-state index contributed by atoms with van der Waals surface area (Å²) in [6.45, 7) is 2.46. The summed E-state index contributed by atoms with van der Waals surface area (Å²) in [5, 5.41) is 26.2. The molecule has 14 heteroatoms. The van der Waals surface area contributed by atoms with E-state index in [-0.39, 0.29) is 20.9 Å². The average Bonchev–Trinajstić information content (AvgIpc) is 3.04. The summed E-state index contributed by atoms with van der Waals surface area (Å²) in [5.41, 5.74) is -1.49. The van der Waals surface area contributed by atoms with Gasteiger partial charge in [0.2, 0.25) is 5.88 Å². The Balaban J connectivity index is 1.67. The number of aromatic nitrogens is 4. The smallest absolute Gasteiger partial charge is 0.259 e. The van der Waals surface area contributed by atoms with Crippen molar-refractivity contribution < 1.29 is 28.6 Å². The molecule has 10 nitrogen and oxygen atoms in total. The summed E-state index contributed by atoms with van der Waals surface area (Å²) in [4.78, 5) is 33.9. The van der Waals surface area contributed by atoms with Crippen LogP contribution in [0.15, 0.2) is 76.3 Å². The Kier molecular flexibility index (Phi) is 9.40. The van der Waals surface area contributed by atoms with Crippen molar-refractivity contribution in [2.75, 3.05) is 20.2 Å². The van der Waals surface area contributed by atoms with Gasteiger partial charge in [-0.2, -0.15) is 0 Å². The van der Waals surface area contributed by atoms with Crippen LogP contribution in [0.25, 0.3) is 11.4 Å². The Morgan fingerprint density at radius 2 is 1.46 bits per heavy atom. The van der Waals surface area contributed by atoms with Gasteiger partial charge in [-0.1, -0.05) is 18.2 Å². The lowest BCUT2D eigenvalue weighted by atomic mass is 9.85. The summed E-state index contributed by atoms with van der Waals surface area (Å²) < 4.78 is 35.8. The number of nitrogens with one attached hydrogen (secondary N) is 3. The lowest BCUT2D eigenvalue weighted by Gasteiger charge is -2.28. The third-order valence-corrected chi connectivity index (χ3v) is 9.14. The second kappa shape index (κ2) is 13.7. The first kappa shape index (κ1) is 33.0. The van der Waals surface area contributed by atoms with Crippen molar-refractivity contribution in [2.45, 2.75) is 31.7 Å². The molecule has 3 aromatic carbocycles. The third kappa shape index (κ3) is 6.33. The van der Waals surface area contributed by atoms with Gasteiger partial charge in [0.25, 0.3) is 11.1 Å². The Morgan fingerprint density at radius 1 is 0.875 bits per heavy atom. The lowest BCUT2D eigenvalue weighted by Crippen LogP contribution is -3.11. The summed E-state index contributed by atoms with van der Waals surface area (Å²) >= 11 is 10.7. The van der Waals surface area contributed by atoms with Gasteiger partial charge in [-0.05, 0) is 104 Å². The van der Waals surface area contributed by atoms with Gasteiger partial charge in [-0.25, -0.2) is 8.78 Å². The van der Waals surface area contributed by atoms with Gasteiger partial charge >= 0.3 is 0 Å². The van der Waals surface area contributed by atoms with E-state index in [1.54, 1.807) is 18.2 Å². The van der Waals surface area contributed by atoms with Crippen molar-refractivity contribution in [1.29, 1.82) is 0 Å². The SMILES string of the molecule is COc1ccc(C(c2c([O-])n(-c3cccc(F)c3)c(=S)[nH]c2=O)c2c(O)n(-c3cccc(F)c3)c(=S)[nH]c2=O)cc1C[NH+]1CCCCC1. The fourth-order valence-electron chi connectivity index (χ4n) is 6.38. The molecular formula is C34H31F2N5O5S2. The highest BCUT2D eigenvalue weighted by Gasteiger charge is 2.31. The molecule has 4 N–H and O–H groups in total. The van der Waals surface area contributed by atoms with E-state index in [9.17, 15) is 28.6 Å². The molecule has 0 saturated carbocycles. The van der Waals surface area contributed by atoms with Crippen LogP contribution in [0.2, 0.25) is 0 Å². The fraction of sp³-hybridized carbons (Fsp3) is 0.235. The van der Waals surface area contributed by atoms with E-state index >= 15 is 0 Å². The molecule has 2 aromatic heterocycles. The average molecular weight is 692 g/mol. The number of quaternary nitrogens is 1. The number of aromatic hydroxyl groups is 1. The number of piperidine rings is 1. The minimum Gasteiger partial charge on any atom is -0.859 e. The molecular weight excluding hydrogens is 661 g/mol. The van der Waals surface area contributed by atoms with Gasteiger partial charge in [-0.15, -0.1) is 0 Å². The zero-order chi connectivity index (χ0) is 34.1. The Morgan fingerprint density at radius 3 is 2.06 bits per heavy atom. The highest BCUT2D eigenvalue weighted by molar-refractivity contribution is 7.71. The number of ether oxygens (including phenoxy) is 1. The molecule has 6 rings (SSSR count). The maximum atomic E-state index is 14.4. The van der Waals surface area contributed by atoms with Crippen molar-refractivity contribution >= 4 is 24.4 Å². The summed E-state index contributed by atoms with van der Waals surface area (Å²) in [6.07, 6.45) is 3.28. The third-order valence-electron chi connectivity index (χ3n) is 8.57. The van der Waals surface area contributed by atoms with Crippen LogP contribution in [-0.2, 0) is 6.54 Å². The summed E-state index contributed by atoms with van der Waals surface area (Å²) in [5.74, 6) is -3.86. The van der Waals surface area contributed by atoms with Crippen LogP contribution in [0, 0.1) is 21.2 Å². The number of nitrogens with zero attached hydrogens (tertiary/aromatic N) is 2. The van der Waals surface area contributed by atoms with Crippen LogP contribution in [0.3, 0.4) is 0 Å². The van der Waals surface area contributed by atoms with Crippen LogP contribution >= 0.6 is 24.4 Å². The fourth-order valence-corrected chi connectivity index (χ4v) is 6.95. The maximum Gasteiger partial charge on any atom is 0.259 e. The molecule has 1 atom stereocenters. The number of aromatic amines is 2. The van der Waals surface area contributed by atoms with E-state index in [1.165, 1.54) is 48.4 Å². The van der Waals surface area contributed by atoms with Crippen molar-refractivity contribution in [2.24, 2.45) is 0 Å². The second-order valence-electron chi connectivity index (χ2n) is 11.6. The molecule has 0 bridgehead atoms. The molecule has 3 heterocycles. The standard InChI is InChI=1S/C34H31F2N5O5S2/c1-46-25-12-11-19(15-20(25)18-39-13-3-2-4-14-39)26(27-29(42)37-33(47)40(31(27)44)23-9-5-7-21(35)16-23)28-30(43)38-34(48)41(32(28)45)24-10-6-8-22(36)17-24/h5-12,15-17,26,44-45H,2-4,13-14,18H2,1H3,(H,37,42,47)(H,38,43,48). The molecule has 1 saturated heterocycles. The molecule has 48 heavy (non-hydrogen) atoms. The van der Waals surface area contributed by atoms with Crippen LogP contribution in [0.1, 0.15) is 47.4 Å². The number of methoxy groups -OCH3 is 1. The van der Waals surface area contributed by atoms with E-state index in [4.69, 9.17) is 29.2 Å². The number of hydrogen-bond donors (Lipinski definition) is 4. The molecule has 0 aliphatic carbocycles. The Hall–Kier alpha value is -4.92. The molecule has 1 unspecified atom stereocenters. The van der Waals surface area contributed by atoms with Gasteiger partial charge in [0.15, 0.2) is 9.54 Å². The van der Waals surface area contributed by atoms with E-state index in [0.717, 1.165) is 59.2 Å². The predicted octanol–water partition coefficient (Wildman–Crippen LogP) is 3.92. The second-order valence-corrected chi connectivity index (χ2v) is 12.4. The Bertz CT molecular complexity index is 2140. The molecule has 1 aliphatic rings. The first-order chi connectivity index (χ1) is 23.1. The number of H-pyrrole nitrogens is 2. The van der Waals surface area contributed by atoms with Gasteiger partial charge in [0.1, 0.15) is 23.9 Å². The number of benzene rings is 3. The molecule has 0 spiro atoms. The van der Waals surface area contributed by atoms with Crippen molar-refractivity contribution in [3.8, 4) is 28.9 Å². The van der Waals surface area contributed by atoms with Crippen LogP contribution in [0.4, 0.5) is 8.78 Å². The van der Waals surface area contributed by atoms with E-state index < -0.39 is 51.6 Å². The number of halogens is 2. The van der Waals surface area contributed by atoms with Crippen LogP contribution in [0.5, 0.6) is 17.5 Å². The molecule has 0 amide bonds. The summed E-state index contributed by atoms with van der Waals surface area (Å²) in [6, 6.07) is 15.3. The molecule has 1 aliphatic heterocycles. The van der Waals surface area contributed by atoms with E-state index in [0.29, 0.717) is 17.9 Å².